The number of amides is 1. The molecule has 0 radical (unpaired) electrons. The molecule has 6 aromatic rings. The van der Waals surface area contributed by atoms with E-state index < -0.39 is 32.9 Å². The number of nitrogens with one attached hydrogen (secondary N) is 2. The number of rotatable bonds is 10. The Kier molecular flexibility index (Phi) is 8.40. The summed E-state index contributed by atoms with van der Waals surface area (Å²) in [6, 6.07) is 24.3. The fourth-order valence-electron chi connectivity index (χ4n) is 4.75. The first-order valence-electron chi connectivity index (χ1n) is 14.0. The largest absolute Gasteiger partial charge is 0.492 e. The van der Waals surface area contributed by atoms with Gasteiger partial charge in [0.05, 0.1) is 22.8 Å². The van der Waals surface area contributed by atoms with E-state index in [1.54, 1.807) is 60.8 Å². The average molecular weight is 641 g/mol. The number of carbonyl (C=O) groups is 1. The molecule has 232 valence electrons. The summed E-state index contributed by atoms with van der Waals surface area (Å²) in [7, 11) is -3.15. The van der Waals surface area contributed by atoms with Crippen LogP contribution in [-0.2, 0) is 9.84 Å². The number of carbonyl (C=O) groups excluding carboxylic acids is 1. The van der Waals surface area contributed by atoms with Gasteiger partial charge in [0.1, 0.15) is 35.2 Å². The molecule has 1 amide bonds. The zero-order chi connectivity index (χ0) is 32.3. The highest BCUT2D eigenvalue weighted by Gasteiger charge is 2.20. The molecular weight excluding hydrogens is 614 g/mol. The minimum atomic E-state index is -3.15. The van der Waals surface area contributed by atoms with Crippen LogP contribution < -0.4 is 15.4 Å². The molecule has 46 heavy (non-hydrogen) atoms. The number of pyridine rings is 1. The van der Waals surface area contributed by atoms with Gasteiger partial charge in [-0.05, 0) is 54.6 Å². The SMILES string of the molecule is CS(=O)(=O)CCOc1cccc(Nc2nccc(-c3c(-c4cccc(NC(=O)c5c(F)cccc5F)c4)nc4ccccn34)n2)c1. The number of hydrogen-bond donors (Lipinski definition) is 2. The lowest BCUT2D eigenvalue weighted by Gasteiger charge is -2.11. The van der Waals surface area contributed by atoms with Crippen LogP contribution in [-0.4, -0.2) is 52.3 Å². The molecular formula is C33H26F2N6O4S. The van der Waals surface area contributed by atoms with Gasteiger partial charge in [0.25, 0.3) is 5.91 Å². The van der Waals surface area contributed by atoms with Crippen molar-refractivity contribution in [3.63, 3.8) is 0 Å². The number of anilines is 3. The predicted octanol–water partition coefficient (Wildman–Crippen LogP) is 6.16. The highest BCUT2D eigenvalue weighted by Crippen LogP contribution is 2.34. The van der Waals surface area contributed by atoms with E-state index in [0.717, 1.165) is 18.4 Å². The topological polar surface area (TPSA) is 128 Å². The number of halogens is 2. The van der Waals surface area contributed by atoms with Gasteiger partial charge in [-0.25, -0.2) is 32.2 Å². The standard InChI is InChI=1S/C33H26F2N6O4S/c1-46(43,44)18-17-45-24-10-5-9-23(20-24)38-33-36-15-14-27(39-33)31-30(40-28-13-2-3-16-41(28)31)21-7-4-8-22(19-21)37-32(42)29-25(34)11-6-12-26(29)35/h2-16,19-20H,17-18H2,1H3,(H,37,42)(H,36,38,39). The van der Waals surface area contributed by atoms with Gasteiger partial charge < -0.3 is 15.4 Å². The summed E-state index contributed by atoms with van der Waals surface area (Å²) in [5, 5.41) is 5.73. The molecule has 0 aliphatic carbocycles. The summed E-state index contributed by atoms with van der Waals surface area (Å²) in [5.41, 5.74) is 3.26. The molecule has 2 N–H and O–H groups in total. The molecule has 3 aromatic heterocycles. The fraction of sp³-hybridized carbons (Fsp3) is 0.0909. The van der Waals surface area contributed by atoms with Gasteiger partial charge in [-0.2, -0.15) is 0 Å². The molecule has 3 aromatic carbocycles. The van der Waals surface area contributed by atoms with Crippen LogP contribution in [0.5, 0.6) is 5.75 Å². The summed E-state index contributed by atoms with van der Waals surface area (Å²) in [5.74, 6) is -2.17. The Morgan fingerprint density at radius 3 is 2.46 bits per heavy atom. The zero-order valence-electron chi connectivity index (χ0n) is 24.3. The van der Waals surface area contributed by atoms with E-state index in [-0.39, 0.29) is 18.3 Å². The van der Waals surface area contributed by atoms with E-state index >= 15 is 0 Å². The average Bonchev–Trinajstić information content (AvgIpc) is 3.41. The lowest BCUT2D eigenvalue weighted by atomic mass is 10.1. The third-order valence-corrected chi connectivity index (χ3v) is 7.73. The van der Waals surface area contributed by atoms with Crippen molar-refractivity contribution >= 4 is 38.7 Å². The second-order valence-electron chi connectivity index (χ2n) is 10.3. The lowest BCUT2D eigenvalue weighted by molar-refractivity contribution is 0.101. The molecule has 6 rings (SSSR count). The summed E-state index contributed by atoms with van der Waals surface area (Å²) in [6.07, 6.45) is 4.60. The van der Waals surface area contributed by atoms with Gasteiger partial charge in [0, 0.05) is 41.7 Å². The lowest BCUT2D eigenvalue weighted by Crippen LogP contribution is -2.15. The summed E-state index contributed by atoms with van der Waals surface area (Å²) < 4.78 is 58.8. The van der Waals surface area contributed by atoms with Gasteiger partial charge in [-0.3, -0.25) is 9.20 Å². The van der Waals surface area contributed by atoms with Crippen molar-refractivity contribution in [2.45, 2.75) is 0 Å². The highest BCUT2D eigenvalue weighted by atomic mass is 32.2. The zero-order valence-corrected chi connectivity index (χ0v) is 25.1. The summed E-state index contributed by atoms with van der Waals surface area (Å²) >= 11 is 0. The van der Waals surface area contributed by atoms with E-state index in [1.807, 2.05) is 28.8 Å². The molecule has 0 aliphatic heterocycles. The highest BCUT2D eigenvalue weighted by molar-refractivity contribution is 7.90. The molecule has 10 nitrogen and oxygen atoms in total. The summed E-state index contributed by atoms with van der Waals surface area (Å²) in [6.45, 7) is 0.0241. The van der Waals surface area contributed by atoms with Crippen molar-refractivity contribution in [2.24, 2.45) is 0 Å². The van der Waals surface area contributed by atoms with Crippen LogP contribution >= 0.6 is 0 Å². The molecule has 0 saturated heterocycles. The Morgan fingerprint density at radius 1 is 0.891 bits per heavy atom. The van der Waals surface area contributed by atoms with Gasteiger partial charge in [0.2, 0.25) is 5.95 Å². The van der Waals surface area contributed by atoms with Gasteiger partial charge in [-0.15, -0.1) is 0 Å². The molecule has 0 atom stereocenters. The number of imidazole rings is 1. The smallest absolute Gasteiger partial charge is 0.261 e. The maximum atomic E-state index is 14.2. The quantitative estimate of drug-likeness (QED) is 0.182. The number of ether oxygens (including phenoxy) is 1. The molecule has 3 heterocycles. The first-order valence-corrected chi connectivity index (χ1v) is 16.0. The Morgan fingerprint density at radius 2 is 1.65 bits per heavy atom. The summed E-state index contributed by atoms with van der Waals surface area (Å²) in [4.78, 5) is 26.7. The second kappa shape index (κ2) is 12.7. The molecule has 0 fully saturated rings. The van der Waals surface area contributed by atoms with Crippen molar-refractivity contribution in [1.82, 2.24) is 19.4 Å². The van der Waals surface area contributed by atoms with Crippen LogP contribution in [0.25, 0.3) is 28.3 Å². The third-order valence-electron chi connectivity index (χ3n) is 6.82. The van der Waals surface area contributed by atoms with Crippen molar-refractivity contribution in [3.05, 3.63) is 121 Å². The number of benzene rings is 3. The molecule has 0 saturated carbocycles. The van der Waals surface area contributed by atoms with Gasteiger partial charge >= 0.3 is 0 Å². The number of aromatic nitrogens is 4. The van der Waals surface area contributed by atoms with Crippen molar-refractivity contribution < 1.29 is 26.7 Å². The van der Waals surface area contributed by atoms with E-state index in [2.05, 4.69) is 15.6 Å². The number of hydrogen-bond acceptors (Lipinski definition) is 8. The maximum Gasteiger partial charge on any atom is 0.261 e. The fourth-order valence-corrected chi connectivity index (χ4v) is 5.13. The Labute approximate surface area is 262 Å². The van der Waals surface area contributed by atoms with Crippen LogP contribution in [0.3, 0.4) is 0 Å². The van der Waals surface area contributed by atoms with E-state index in [9.17, 15) is 22.0 Å². The van der Waals surface area contributed by atoms with E-state index in [4.69, 9.17) is 14.7 Å². The Hall–Kier alpha value is -5.69. The molecule has 0 bridgehead atoms. The van der Waals surface area contributed by atoms with Gasteiger partial charge in [-0.1, -0.05) is 30.3 Å². The monoisotopic (exact) mass is 640 g/mol. The predicted molar refractivity (Wildman–Crippen MR) is 171 cm³/mol. The van der Waals surface area contributed by atoms with E-state index in [0.29, 0.717) is 45.4 Å². The Bertz CT molecular complexity index is 2170. The number of sulfone groups is 1. The number of fused-ring (bicyclic) bond motifs is 1. The van der Waals surface area contributed by atoms with Crippen LogP contribution in [0, 0.1) is 11.6 Å². The minimum Gasteiger partial charge on any atom is -0.492 e. The van der Waals surface area contributed by atoms with Crippen molar-refractivity contribution in [2.75, 3.05) is 29.2 Å². The van der Waals surface area contributed by atoms with Crippen molar-refractivity contribution in [3.8, 4) is 28.4 Å². The first-order chi connectivity index (χ1) is 22.1. The molecule has 0 aliphatic rings. The first kappa shape index (κ1) is 30.3. The maximum absolute atomic E-state index is 14.2. The molecule has 0 spiro atoms. The van der Waals surface area contributed by atoms with E-state index in [1.165, 1.54) is 6.07 Å². The van der Waals surface area contributed by atoms with Crippen molar-refractivity contribution in [1.29, 1.82) is 0 Å². The molecule has 13 heteroatoms. The number of nitrogens with zero attached hydrogens (tertiary/aromatic N) is 4. The van der Waals surface area contributed by atoms with Gasteiger partial charge in [0.15, 0.2) is 9.84 Å². The normalized spacial score (nSPS) is 11.4. The molecule has 0 unspecified atom stereocenters. The second-order valence-corrected chi connectivity index (χ2v) is 12.5. The van der Waals surface area contributed by atoms with Crippen LogP contribution in [0.2, 0.25) is 0 Å². The van der Waals surface area contributed by atoms with Crippen LogP contribution in [0.15, 0.2) is 103 Å². The van der Waals surface area contributed by atoms with Crippen LogP contribution in [0.4, 0.5) is 26.1 Å². The minimum absolute atomic E-state index is 0.0241. The van der Waals surface area contributed by atoms with Crippen LogP contribution in [0.1, 0.15) is 10.4 Å². The Balaban J connectivity index is 1.31. The third kappa shape index (κ3) is 6.84.